The maximum atomic E-state index is 12.2. The van der Waals surface area contributed by atoms with E-state index in [2.05, 4.69) is 5.32 Å². The summed E-state index contributed by atoms with van der Waals surface area (Å²) in [6.07, 6.45) is -0.987. The molecule has 24 heavy (non-hydrogen) atoms. The van der Waals surface area contributed by atoms with Crippen LogP contribution in [0.2, 0.25) is 0 Å². The summed E-state index contributed by atoms with van der Waals surface area (Å²) >= 11 is 0. The quantitative estimate of drug-likeness (QED) is 0.843. The van der Waals surface area contributed by atoms with Gasteiger partial charge in [0, 0.05) is 5.69 Å². The summed E-state index contributed by atoms with van der Waals surface area (Å²) in [7, 11) is 0. The third-order valence-electron chi connectivity index (χ3n) is 3.67. The molecule has 126 valence electrons. The molecule has 2 aromatic carbocycles. The van der Waals surface area contributed by atoms with E-state index in [1.807, 2.05) is 32.0 Å². The van der Waals surface area contributed by atoms with Crippen LogP contribution in [0.4, 0.5) is 5.69 Å². The molecule has 0 bridgehead atoms. The molecule has 0 heterocycles. The molecule has 0 aliphatic carbocycles. The van der Waals surface area contributed by atoms with Crippen LogP contribution >= 0.6 is 0 Å². The predicted molar refractivity (Wildman–Crippen MR) is 92.3 cm³/mol. The Kier molecular flexibility index (Phi) is 5.24. The van der Waals surface area contributed by atoms with Crippen molar-refractivity contribution in [2.75, 3.05) is 5.32 Å². The van der Waals surface area contributed by atoms with Gasteiger partial charge >= 0.3 is 5.97 Å². The van der Waals surface area contributed by atoms with Crippen molar-refractivity contribution in [1.82, 2.24) is 0 Å². The van der Waals surface area contributed by atoms with Crippen LogP contribution in [-0.4, -0.2) is 23.1 Å². The number of aromatic hydroxyl groups is 1. The van der Waals surface area contributed by atoms with Crippen molar-refractivity contribution >= 4 is 17.6 Å². The van der Waals surface area contributed by atoms with E-state index in [0.29, 0.717) is 5.69 Å². The summed E-state index contributed by atoms with van der Waals surface area (Å²) in [4.78, 5) is 24.3. The second-order valence-corrected chi connectivity index (χ2v) is 5.88. The molecule has 0 saturated heterocycles. The number of aryl methyl sites for hydroxylation is 3. The molecular weight excluding hydrogens is 306 g/mol. The fourth-order valence-corrected chi connectivity index (χ4v) is 2.28. The van der Waals surface area contributed by atoms with E-state index in [9.17, 15) is 14.7 Å². The Morgan fingerprint density at radius 1 is 1.04 bits per heavy atom. The molecule has 1 amide bonds. The number of carbonyl (C=O) groups excluding carboxylic acids is 2. The molecule has 0 unspecified atom stereocenters. The number of hydrogen-bond acceptors (Lipinski definition) is 4. The Balaban J connectivity index is 2.04. The average Bonchev–Trinajstić information content (AvgIpc) is 2.49. The zero-order valence-electron chi connectivity index (χ0n) is 14.2. The van der Waals surface area contributed by atoms with Crippen LogP contribution in [0.25, 0.3) is 0 Å². The third-order valence-corrected chi connectivity index (χ3v) is 3.67. The van der Waals surface area contributed by atoms with Gasteiger partial charge < -0.3 is 15.2 Å². The van der Waals surface area contributed by atoms with Gasteiger partial charge in [-0.3, -0.25) is 4.79 Å². The van der Waals surface area contributed by atoms with E-state index in [-0.39, 0.29) is 11.3 Å². The number of phenols is 1. The predicted octanol–water partition coefficient (Wildman–Crippen LogP) is 3.50. The zero-order valence-corrected chi connectivity index (χ0v) is 14.2. The Morgan fingerprint density at radius 3 is 2.29 bits per heavy atom. The molecule has 0 aliphatic rings. The highest BCUT2D eigenvalue weighted by molar-refractivity contribution is 5.98. The molecule has 0 fully saturated rings. The minimum Gasteiger partial charge on any atom is -0.507 e. The van der Waals surface area contributed by atoms with Crippen molar-refractivity contribution in [3.05, 3.63) is 58.7 Å². The first-order valence-corrected chi connectivity index (χ1v) is 7.66. The van der Waals surface area contributed by atoms with Gasteiger partial charge in [0.2, 0.25) is 0 Å². The van der Waals surface area contributed by atoms with Gasteiger partial charge in [0.05, 0.1) is 0 Å². The lowest BCUT2D eigenvalue weighted by Crippen LogP contribution is -2.30. The van der Waals surface area contributed by atoms with Gasteiger partial charge in [-0.25, -0.2) is 4.79 Å². The standard InChI is InChI=1S/C19H21NO4/c1-11-6-8-16(13(3)9-11)20-18(22)14(4)24-19(23)15-7-5-12(2)10-17(15)21/h5-10,14,21H,1-4H3,(H,20,22)/t14-/m0/s1. The van der Waals surface area contributed by atoms with Gasteiger partial charge in [0.15, 0.2) is 6.10 Å². The molecule has 5 heteroatoms. The van der Waals surface area contributed by atoms with Gasteiger partial charge in [-0.05, 0) is 57.0 Å². The smallest absolute Gasteiger partial charge is 0.342 e. The highest BCUT2D eigenvalue weighted by Gasteiger charge is 2.21. The van der Waals surface area contributed by atoms with Crippen molar-refractivity contribution < 1.29 is 19.4 Å². The van der Waals surface area contributed by atoms with E-state index < -0.39 is 18.0 Å². The van der Waals surface area contributed by atoms with E-state index in [0.717, 1.165) is 16.7 Å². The second-order valence-electron chi connectivity index (χ2n) is 5.88. The van der Waals surface area contributed by atoms with E-state index in [1.54, 1.807) is 13.0 Å². The molecule has 0 aliphatic heterocycles. The zero-order chi connectivity index (χ0) is 17.9. The van der Waals surface area contributed by atoms with Gasteiger partial charge in [-0.15, -0.1) is 0 Å². The topological polar surface area (TPSA) is 75.6 Å². The summed E-state index contributed by atoms with van der Waals surface area (Å²) in [5.41, 5.74) is 3.56. The number of benzene rings is 2. The van der Waals surface area contributed by atoms with Crippen LogP contribution in [-0.2, 0) is 9.53 Å². The van der Waals surface area contributed by atoms with Crippen molar-refractivity contribution in [3.8, 4) is 5.75 Å². The summed E-state index contributed by atoms with van der Waals surface area (Å²) in [5.74, 6) is -1.33. The number of amides is 1. The van der Waals surface area contributed by atoms with Crippen molar-refractivity contribution in [1.29, 1.82) is 0 Å². The molecule has 2 rings (SSSR count). The van der Waals surface area contributed by atoms with Crippen LogP contribution in [0.3, 0.4) is 0 Å². The lowest BCUT2D eigenvalue weighted by atomic mass is 10.1. The molecule has 2 N–H and O–H groups in total. The molecule has 0 aromatic heterocycles. The third kappa shape index (κ3) is 4.13. The summed E-state index contributed by atoms with van der Waals surface area (Å²) in [6.45, 7) is 7.15. The van der Waals surface area contributed by atoms with E-state index in [4.69, 9.17) is 4.74 Å². The number of hydrogen-bond donors (Lipinski definition) is 2. The second kappa shape index (κ2) is 7.17. The molecule has 0 radical (unpaired) electrons. The number of phenolic OH excluding ortho intramolecular Hbond substituents is 1. The minimum atomic E-state index is -0.987. The van der Waals surface area contributed by atoms with Crippen molar-refractivity contribution in [2.24, 2.45) is 0 Å². The van der Waals surface area contributed by atoms with Gasteiger partial charge in [0.25, 0.3) is 5.91 Å². The Hall–Kier alpha value is -2.82. The Morgan fingerprint density at radius 2 is 1.67 bits per heavy atom. The molecule has 1 atom stereocenters. The average molecular weight is 327 g/mol. The Labute approximate surface area is 141 Å². The van der Waals surface area contributed by atoms with Crippen LogP contribution in [0.5, 0.6) is 5.75 Å². The number of rotatable bonds is 4. The normalized spacial score (nSPS) is 11.7. The lowest BCUT2D eigenvalue weighted by molar-refractivity contribution is -0.123. The van der Waals surface area contributed by atoms with Gasteiger partial charge in [-0.1, -0.05) is 23.8 Å². The molecule has 0 spiro atoms. The first-order valence-electron chi connectivity index (χ1n) is 7.66. The lowest BCUT2D eigenvalue weighted by Gasteiger charge is -2.15. The molecule has 2 aromatic rings. The number of ether oxygens (including phenoxy) is 1. The maximum absolute atomic E-state index is 12.2. The van der Waals surface area contributed by atoms with E-state index >= 15 is 0 Å². The highest BCUT2D eigenvalue weighted by Crippen LogP contribution is 2.20. The van der Waals surface area contributed by atoms with Gasteiger partial charge in [0.1, 0.15) is 11.3 Å². The number of carbonyl (C=O) groups is 2. The van der Waals surface area contributed by atoms with Crippen LogP contribution in [0.15, 0.2) is 36.4 Å². The molecule has 5 nitrogen and oxygen atoms in total. The molecular formula is C19H21NO4. The first-order chi connectivity index (χ1) is 11.3. The SMILES string of the molecule is Cc1ccc(NC(=O)[C@H](C)OC(=O)c2ccc(C)cc2O)c(C)c1. The summed E-state index contributed by atoms with van der Waals surface area (Å²) in [6, 6.07) is 10.3. The molecule has 0 saturated carbocycles. The highest BCUT2D eigenvalue weighted by atomic mass is 16.5. The largest absolute Gasteiger partial charge is 0.507 e. The number of esters is 1. The van der Waals surface area contributed by atoms with Crippen LogP contribution in [0, 0.1) is 20.8 Å². The summed E-state index contributed by atoms with van der Waals surface area (Å²) < 4.78 is 5.14. The van der Waals surface area contributed by atoms with Crippen LogP contribution < -0.4 is 5.32 Å². The van der Waals surface area contributed by atoms with Crippen molar-refractivity contribution in [3.63, 3.8) is 0 Å². The van der Waals surface area contributed by atoms with Crippen molar-refractivity contribution in [2.45, 2.75) is 33.8 Å². The monoisotopic (exact) mass is 327 g/mol. The first kappa shape index (κ1) is 17.5. The van der Waals surface area contributed by atoms with Gasteiger partial charge in [-0.2, -0.15) is 0 Å². The van der Waals surface area contributed by atoms with Crippen LogP contribution in [0.1, 0.15) is 34.0 Å². The number of anilines is 1. The fraction of sp³-hybridized carbons (Fsp3) is 0.263. The minimum absolute atomic E-state index is 0.0340. The number of nitrogens with one attached hydrogen (secondary N) is 1. The van der Waals surface area contributed by atoms with E-state index in [1.165, 1.54) is 19.1 Å². The Bertz CT molecular complexity index is 783. The fourth-order valence-electron chi connectivity index (χ4n) is 2.28. The summed E-state index contributed by atoms with van der Waals surface area (Å²) in [5, 5.41) is 12.5. The maximum Gasteiger partial charge on any atom is 0.342 e.